The zero-order valence-electron chi connectivity index (χ0n) is 18.6. The third-order valence-electron chi connectivity index (χ3n) is 5.21. The molecule has 31 heavy (non-hydrogen) atoms. The van der Waals surface area contributed by atoms with Gasteiger partial charge in [-0.05, 0) is 45.6 Å². The van der Waals surface area contributed by atoms with Gasteiger partial charge >= 0.3 is 5.97 Å². The number of rotatable bonds is 6. The van der Waals surface area contributed by atoms with Gasteiger partial charge in [-0.1, -0.05) is 6.92 Å². The predicted molar refractivity (Wildman–Crippen MR) is 114 cm³/mol. The van der Waals surface area contributed by atoms with Crippen LogP contribution in [-0.4, -0.2) is 58.2 Å². The van der Waals surface area contributed by atoms with Crippen LogP contribution in [-0.2, 0) is 28.9 Å². The number of carbonyl (C=O) groups is 2. The van der Waals surface area contributed by atoms with Crippen LogP contribution in [0.3, 0.4) is 0 Å². The summed E-state index contributed by atoms with van der Waals surface area (Å²) in [6.45, 7) is 8.25. The number of nitrogens with one attached hydrogen (secondary N) is 1. The predicted octanol–water partition coefficient (Wildman–Crippen LogP) is 2.18. The van der Waals surface area contributed by atoms with E-state index in [-0.39, 0.29) is 12.5 Å². The summed E-state index contributed by atoms with van der Waals surface area (Å²) in [5.41, 5.74) is 4.08. The van der Waals surface area contributed by atoms with Gasteiger partial charge in [0.1, 0.15) is 0 Å². The molecule has 2 aromatic rings. The summed E-state index contributed by atoms with van der Waals surface area (Å²) < 4.78 is 13.0. The molecule has 9 nitrogen and oxygen atoms in total. The molecule has 0 aliphatic carbocycles. The lowest BCUT2D eigenvalue weighted by atomic mass is 10.1. The largest absolute Gasteiger partial charge is 0.462 e. The molecule has 0 saturated heterocycles. The summed E-state index contributed by atoms with van der Waals surface area (Å²) >= 11 is 0. The van der Waals surface area contributed by atoms with Crippen molar-refractivity contribution in [1.82, 2.24) is 25.3 Å². The third-order valence-corrected chi connectivity index (χ3v) is 5.21. The van der Waals surface area contributed by atoms with E-state index in [0.717, 1.165) is 30.7 Å². The fourth-order valence-corrected chi connectivity index (χ4v) is 3.62. The monoisotopic (exact) mass is 429 g/mol. The highest BCUT2D eigenvalue weighted by atomic mass is 16.5. The molecule has 0 spiro atoms. The Kier molecular flexibility index (Phi) is 8.11. The first kappa shape index (κ1) is 22.9. The first-order valence-electron chi connectivity index (χ1n) is 10.9. The Bertz CT molecular complexity index is 925. The van der Waals surface area contributed by atoms with Crippen LogP contribution in [0.15, 0.2) is 6.07 Å². The van der Waals surface area contributed by atoms with Crippen LogP contribution in [0.5, 0.6) is 0 Å². The van der Waals surface area contributed by atoms with Crippen molar-refractivity contribution in [2.24, 2.45) is 0 Å². The van der Waals surface area contributed by atoms with Gasteiger partial charge in [0, 0.05) is 32.7 Å². The van der Waals surface area contributed by atoms with Gasteiger partial charge in [-0.3, -0.25) is 9.48 Å². The van der Waals surface area contributed by atoms with E-state index in [2.05, 4.69) is 20.6 Å². The van der Waals surface area contributed by atoms with Gasteiger partial charge in [0.05, 0.1) is 40.5 Å². The van der Waals surface area contributed by atoms with Crippen molar-refractivity contribution in [2.75, 3.05) is 26.4 Å². The number of ether oxygens (including phenoxy) is 2. The first-order valence-corrected chi connectivity index (χ1v) is 10.9. The molecule has 2 aromatic heterocycles. The maximum absolute atomic E-state index is 12.8. The van der Waals surface area contributed by atoms with E-state index in [4.69, 9.17) is 9.47 Å². The highest BCUT2D eigenvalue weighted by Gasteiger charge is 2.23. The molecule has 0 unspecified atom stereocenters. The highest BCUT2D eigenvalue weighted by molar-refractivity contribution is 5.96. The molecule has 0 atom stereocenters. The van der Waals surface area contributed by atoms with Crippen LogP contribution in [0.25, 0.3) is 0 Å². The molecular formula is C22H31N5O4. The van der Waals surface area contributed by atoms with Crippen LogP contribution in [0.4, 0.5) is 0 Å². The quantitative estimate of drug-likeness (QED) is 0.554. The van der Waals surface area contributed by atoms with Gasteiger partial charge in [0.15, 0.2) is 0 Å². The zero-order chi connectivity index (χ0) is 22.2. The third kappa shape index (κ3) is 5.88. The number of fused-ring (bicyclic) bond motifs is 1. The Morgan fingerprint density at radius 1 is 1.26 bits per heavy atom. The van der Waals surface area contributed by atoms with Crippen LogP contribution in [0.1, 0.15) is 69.7 Å². The number of hydrogen-bond acceptors (Lipinski definition) is 7. The summed E-state index contributed by atoms with van der Waals surface area (Å²) in [6, 6.07) is 1.68. The lowest BCUT2D eigenvalue weighted by molar-refractivity contribution is 0.0492. The molecular weight excluding hydrogens is 398 g/mol. The molecule has 3 rings (SSSR count). The molecule has 1 aliphatic heterocycles. The highest BCUT2D eigenvalue weighted by Crippen LogP contribution is 2.19. The molecule has 0 bridgehead atoms. The Morgan fingerprint density at radius 2 is 2.06 bits per heavy atom. The minimum atomic E-state index is -0.402. The van der Waals surface area contributed by atoms with Crippen molar-refractivity contribution in [3.8, 4) is 0 Å². The Hall–Kier alpha value is -2.81. The number of hydrogen-bond donors (Lipinski definition) is 1. The van der Waals surface area contributed by atoms with E-state index in [0.29, 0.717) is 61.7 Å². The zero-order valence-corrected chi connectivity index (χ0v) is 18.6. The van der Waals surface area contributed by atoms with E-state index in [1.54, 1.807) is 19.9 Å². The SMILES string of the molecule is CCc1nn(CCCOC(=O)c2cc(C)nnc2C)c2c1C(=O)NCCCOCCC2. The molecule has 168 valence electrons. The number of esters is 1. The van der Waals surface area contributed by atoms with Crippen molar-refractivity contribution in [3.63, 3.8) is 0 Å². The van der Waals surface area contributed by atoms with Crippen LogP contribution >= 0.6 is 0 Å². The fourth-order valence-electron chi connectivity index (χ4n) is 3.62. The van der Waals surface area contributed by atoms with Crippen molar-refractivity contribution >= 4 is 11.9 Å². The topological polar surface area (TPSA) is 108 Å². The van der Waals surface area contributed by atoms with Crippen LogP contribution in [0, 0.1) is 13.8 Å². The number of nitrogens with zero attached hydrogens (tertiary/aromatic N) is 4. The molecule has 1 N–H and O–H groups in total. The average molecular weight is 430 g/mol. The van der Waals surface area contributed by atoms with E-state index >= 15 is 0 Å². The van der Waals surface area contributed by atoms with Crippen LogP contribution < -0.4 is 5.32 Å². The standard InChI is InChI=1S/C22H31N5O4/c1-4-18-20-19(8-5-11-30-12-6-9-23-21(20)28)27(26-18)10-7-13-31-22(29)17-14-15(2)24-25-16(17)3/h14H,4-13H2,1-3H3,(H,23,28). The molecule has 3 heterocycles. The van der Waals surface area contributed by atoms with Gasteiger partial charge < -0.3 is 14.8 Å². The summed E-state index contributed by atoms with van der Waals surface area (Å²) in [6.07, 6.45) is 3.63. The lowest BCUT2D eigenvalue weighted by Crippen LogP contribution is -2.26. The molecule has 1 amide bonds. The normalized spacial score (nSPS) is 15.0. The molecule has 0 saturated carbocycles. The fraction of sp³-hybridized carbons (Fsp3) is 0.591. The number of aryl methyl sites for hydroxylation is 4. The van der Waals surface area contributed by atoms with Crippen molar-refractivity contribution in [1.29, 1.82) is 0 Å². The number of aromatic nitrogens is 4. The molecule has 1 aliphatic rings. The lowest BCUT2D eigenvalue weighted by Gasteiger charge is -2.10. The molecule has 0 aromatic carbocycles. The molecule has 0 fully saturated rings. The van der Waals surface area contributed by atoms with Gasteiger partial charge in [0.25, 0.3) is 5.91 Å². The van der Waals surface area contributed by atoms with Gasteiger partial charge in [-0.25, -0.2) is 4.79 Å². The summed E-state index contributed by atoms with van der Waals surface area (Å²) in [7, 11) is 0. The van der Waals surface area contributed by atoms with Gasteiger partial charge in [-0.15, -0.1) is 0 Å². The van der Waals surface area contributed by atoms with E-state index in [9.17, 15) is 9.59 Å². The van der Waals surface area contributed by atoms with E-state index in [1.165, 1.54) is 0 Å². The summed E-state index contributed by atoms with van der Waals surface area (Å²) in [5, 5.41) is 15.6. The van der Waals surface area contributed by atoms with Crippen molar-refractivity contribution in [3.05, 3.63) is 40.0 Å². The molecule has 9 heteroatoms. The smallest absolute Gasteiger partial charge is 0.340 e. The van der Waals surface area contributed by atoms with E-state index < -0.39 is 5.97 Å². The van der Waals surface area contributed by atoms with Gasteiger partial charge in [-0.2, -0.15) is 15.3 Å². The Morgan fingerprint density at radius 3 is 2.87 bits per heavy atom. The minimum Gasteiger partial charge on any atom is -0.462 e. The number of amides is 1. The maximum Gasteiger partial charge on any atom is 0.340 e. The maximum atomic E-state index is 12.8. The summed E-state index contributed by atoms with van der Waals surface area (Å²) in [4.78, 5) is 25.1. The van der Waals surface area contributed by atoms with E-state index in [1.807, 2.05) is 11.6 Å². The Labute approximate surface area is 182 Å². The number of carbonyl (C=O) groups excluding carboxylic acids is 2. The minimum absolute atomic E-state index is 0.0672. The molecule has 0 radical (unpaired) electrons. The second kappa shape index (κ2) is 11.0. The average Bonchev–Trinajstić information content (AvgIpc) is 3.09. The second-order valence-corrected chi connectivity index (χ2v) is 7.64. The first-order chi connectivity index (χ1) is 15.0. The summed E-state index contributed by atoms with van der Waals surface area (Å²) in [5.74, 6) is -0.469. The second-order valence-electron chi connectivity index (χ2n) is 7.64. The van der Waals surface area contributed by atoms with Crippen molar-refractivity contribution in [2.45, 2.75) is 59.4 Å². The Balaban J connectivity index is 1.66. The van der Waals surface area contributed by atoms with Gasteiger partial charge in [0.2, 0.25) is 0 Å². The van der Waals surface area contributed by atoms with Crippen molar-refractivity contribution < 1.29 is 19.1 Å². The van der Waals surface area contributed by atoms with Crippen LogP contribution in [0.2, 0.25) is 0 Å².